The van der Waals surface area contributed by atoms with Gasteiger partial charge in [-0.15, -0.1) is 0 Å². The number of hydrogen-bond acceptors (Lipinski definition) is 4. The summed E-state index contributed by atoms with van der Waals surface area (Å²) in [5, 5.41) is 0.884. The number of ether oxygens (including phenoxy) is 2. The molecule has 0 N–H and O–H groups in total. The third-order valence-corrected chi connectivity index (χ3v) is 2.81. The summed E-state index contributed by atoms with van der Waals surface area (Å²) >= 11 is 0. The zero-order valence-corrected chi connectivity index (χ0v) is 10.9. The minimum Gasteiger partial charge on any atom is -0.468 e. The normalized spacial score (nSPS) is 10.4. The molecule has 0 spiro atoms. The summed E-state index contributed by atoms with van der Waals surface area (Å²) in [7, 11) is 1.32. The fourth-order valence-corrected chi connectivity index (χ4v) is 1.95. The minimum absolute atomic E-state index is 0.0157. The Morgan fingerprint density at radius 3 is 2.68 bits per heavy atom. The summed E-state index contributed by atoms with van der Waals surface area (Å²) < 4.78 is 11.3. The van der Waals surface area contributed by atoms with Crippen LogP contribution < -0.4 is 0 Å². The SMILES string of the molecule is CCOC(=O)c1cc2ccccc2n1CC(=O)OC. The van der Waals surface area contributed by atoms with Crippen LogP contribution in [-0.2, 0) is 20.8 Å². The third kappa shape index (κ3) is 2.59. The molecule has 1 heterocycles. The van der Waals surface area contributed by atoms with Crippen LogP contribution in [0.25, 0.3) is 10.9 Å². The number of hydrogen-bond donors (Lipinski definition) is 0. The average Bonchev–Trinajstić information content (AvgIpc) is 2.78. The van der Waals surface area contributed by atoms with Gasteiger partial charge in [0.05, 0.1) is 13.7 Å². The maximum atomic E-state index is 11.9. The molecule has 0 atom stereocenters. The molecule has 0 unspecified atom stereocenters. The smallest absolute Gasteiger partial charge is 0.354 e. The molecule has 0 aliphatic carbocycles. The molecular formula is C14H15NO4. The van der Waals surface area contributed by atoms with E-state index >= 15 is 0 Å². The summed E-state index contributed by atoms with van der Waals surface area (Å²) in [6, 6.07) is 9.17. The molecule has 5 heteroatoms. The van der Waals surface area contributed by atoms with Crippen molar-refractivity contribution in [2.75, 3.05) is 13.7 Å². The number of carbonyl (C=O) groups is 2. The van der Waals surface area contributed by atoms with Gasteiger partial charge >= 0.3 is 11.9 Å². The monoisotopic (exact) mass is 261 g/mol. The second-order valence-corrected chi connectivity index (χ2v) is 3.97. The molecule has 1 aromatic carbocycles. The van der Waals surface area contributed by atoms with E-state index in [-0.39, 0.29) is 6.54 Å². The van der Waals surface area contributed by atoms with Crippen molar-refractivity contribution >= 4 is 22.8 Å². The van der Waals surface area contributed by atoms with Crippen LogP contribution in [0.1, 0.15) is 17.4 Å². The highest BCUT2D eigenvalue weighted by Crippen LogP contribution is 2.20. The Labute approximate surface area is 110 Å². The van der Waals surface area contributed by atoms with Gasteiger partial charge in [-0.1, -0.05) is 18.2 Å². The molecule has 0 saturated carbocycles. The van der Waals surface area contributed by atoms with Crippen LogP contribution in [0.4, 0.5) is 0 Å². The van der Waals surface area contributed by atoms with Crippen LogP contribution in [0, 0.1) is 0 Å². The molecule has 0 saturated heterocycles. The average molecular weight is 261 g/mol. The lowest BCUT2D eigenvalue weighted by atomic mass is 10.2. The predicted octanol–water partition coefficient (Wildman–Crippen LogP) is 1.99. The summed E-state index contributed by atoms with van der Waals surface area (Å²) in [5.41, 5.74) is 1.16. The number of para-hydroxylation sites is 1. The summed E-state index contributed by atoms with van der Waals surface area (Å²) in [4.78, 5) is 23.4. The summed E-state index contributed by atoms with van der Waals surface area (Å²) in [6.07, 6.45) is 0. The van der Waals surface area contributed by atoms with Gasteiger partial charge in [-0.2, -0.15) is 0 Å². The number of aromatic nitrogens is 1. The zero-order chi connectivity index (χ0) is 13.8. The Morgan fingerprint density at radius 1 is 1.26 bits per heavy atom. The first-order valence-corrected chi connectivity index (χ1v) is 5.99. The Morgan fingerprint density at radius 2 is 2.00 bits per heavy atom. The largest absolute Gasteiger partial charge is 0.468 e. The number of esters is 2. The Bertz CT molecular complexity index is 615. The predicted molar refractivity (Wildman–Crippen MR) is 69.9 cm³/mol. The number of carbonyl (C=O) groups excluding carboxylic acids is 2. The number of fused-ring (bicyclic) bond motifs is 1. The first-order chi connectivity index (χ1) is 9.17. The minimum atomic E-state index is -0.442. The van der Waals surface area contributed by atoms with Crippen molar-refractivity contribution in [1.82, 2.24) is 4.57 Å². The van der Waals surface area contributed by atoms with Crippen LogP contribution in [-0.4, -0.2) is 30.2 Å². The van der Waals surface area contributed by atoms with E-state index in [2.05, 4.69) is 4.74 Å². The molecule has 0 bridgehead atoms. The van der Waals surface area contributed by atoms with Crippen molar-refractivity contribution < 1.29 is 19.1 Å². The molecule has 0 fully saturated rings. The van der Waals surface area contributed by atoms with Crippen molar-refractivity contribution in [3.05, 3.63) is 36.0 Å². The van der Waals surface area contributed by atoms with Crippen molar-refractivity contribution in [2.24, 2.45) is 0 Å². The second-order valence-electron chi connectivity index (χ2n) is 3.97. The fourth-order valence-electron chi connectivity index (χ4n) is 1.95. The standard InChI is InChI=1S/C14H15NO4/c1-3-19-14(17)12-8-10-6-4-5-7-11(10)15(12)9-13(16)18-2/h4-8H,3,9H2,1-2H3. The van der Waals surface area contributed by atoms with E-state index in [4.69, 9.17) is 4.74 Å². The van der Waals surface area contributed by atoms with Gasteiger partial charge in [0.2, 0.25) is 0 Å². The molecule has 2 rings (SSSR count). The van der Waals surface area contributed by atoms with E-state index in [1.807, 2.05) is 24.3 Å². The van der Waals surface area contributed by atoms with Crippen molar-refractivity contribution in [3.8, 4) is 0 Å². The number of methoxy groups -OCH3 is 1. The fraction of sp³-hybridized carbons (Fsp3) is 0.286. The molecule has 19 heavy (non-hydrogen) atoms. The molecule has 0 amide bonds. The van der Waals surface area contributed by atoms with Gasteiger partial charge in [0, 0.05) is 10.9 Å². The quantitative estimate of drug-likeness (QED) is 0.790. The topological polar surface area (TPSA) is 57.5 Å². The van der Waals surface area contributed by atoms with E-state index in [0.717, 1.165) is 10.9 Å². The zero-order valence-electron chi connectivity index (χ0n) is 10.9. The second kappa shape index (κ2) is 5.56. The van der Waals surface area contributed by atoms with E-state index in [1.54, 1.807) is 17.6 Å². The highest BCUT2D eigenvalue weighted by atomic mass is 16.5. The lowest BCUT2D eigenvalue weighted by molar-refractivity contribution is -0.141. The number of benzene rings is 1. The molecule has 1 aromatic heterocycles. The van der Waals surface area contributed by atoms with Gasteiger partial charge in [-0.25, -0.2) is 4.79 Å². The van der Waals surface area contributed by atoms with Crippen LogP contribution in [0.5, 0.6) is 0 Å². The van der Waals surface area contributed by atoms with E-state index < -0.39 is 11.9 Å². The van der Waals surface area contributed by atoms with Crippen LogP contribution >= 0.6 is 0 Å². The number of rotatable bonds is 4. The number of nitrogens with zero attached hydrogens (tertiary/aromatic N) is 1. The molecule has 5 nitrogen and oxygen atoms in total. The highest BCUT2D eigenvalue weighted by molar-refractivity contribution is 5.96. The van der Waals surface area contributed by atoms with Gasteiger partial charge < -0.3 is 14.0 Å². The molecule has 100 valence electrons. The third-order valence-electron chi connectivity index (χ3n) is 2.81. The van der Waals surface area contributed by atoms with Crippen molar-refractivity contribution in [1.29, 1.82) is 0 Å². The van der Waals surface area contributed by atoms with Crippen LogP contribution in [0.3, 0.4) is 0 Å². The van der Waals surface area contributed by atoms with Crippen LogP contribution in [0.2, 0.25) is 0 Å². The van der Waals surface area contributed by atoms with Gasteiger partial charge in [-0.05, 0) is 19.1 Å². The van der Waals surface area contributed by atoms with Gasteiger partial charge in [0.25, 0.3) is 0 Å². The van der Waals surface area contributed by atoms with Gasteiger partial charge in [0.15, 0.2) is 0 Å². The van der Waals surface area contributed by atoms with Crippen molar-refractivity contribution in [3.63, 3.8) is 0 Å². The van der Waals surface area contributed by atoms with E-state index in [0.29, 0.717) is 12.3 Å². The first kappa shape index (κ1) is 13.1. The van der Waals surface area contributed by atoms with E-state index in [9.17, 15) is 9.59 Å². The summed E-state index contributed by atoms with van der Waals surface area (Å²) in [5.74, 6) is -0.852. The molecule has 2 aromatic rings. The molecule has 0 aliphatic rings. The first-order valence-electron chi connectivity index (χ1n) is 5.99. The van der Waals surface area contributed by atoms with Gasteiger partial charge in [0.1, 0.15) is 12.2 Å². The van der Waals surface area contributed by atoms with E-state index in [1.165, 1.54) is 7.11 Å². The van der Waals surface area contributed by atoms with Crippen molar-refractivity contribution in [2.45, 2.75) is 13.5 Å². The molecule has 0 radical (unpaired) electrons. The Kier molecular flexibility index (Phi) is 3.85. The lowest BCUT2D eigenvalue weighted by Gasteiger charge is -2.08. The summed E-state index contributed by atoms with van der Waals surface area (Å²) in [6.45, 7) is 2.02. The molecular weight excluding hydrogens is 246 g/mol. The highest BCUT2D eigenvalue weighted by Gasteiger charge is 2.18. The van der Waals surface area contributed by atoms with Gasteiger partial charge in [-0.3, -0.25) is 4.79 Å². The Hall–Kier alpha value is -2.30. The lowest BCUT2D eigenvalue weighted by Crippen LogP contribution is -2.17. The van der Waals surface area contributed by atoms with Crippen LogP contribution in [0.15, 0.2) is 30.3 Å². The molecule has 0 aliphatic heterocycles. The Balaban J connectivity index is 2.51. The maximum absolute atomic E-state index is 11.9. The maximum Gasteiger partial charge on any atom is 0.354 e.